The molecule has 0 aliphatic heterocycles. The fourth-order valence-electron chi connectivity index (χ4n) is 1.95. The van der Waals surface area contributed by atoms with E-state index in [1.54, 1.807) is 11.3 Å². The molecule has 1 aliphatic rings. The Labute approximate surface area is 83.4 Å². The van der Waals surface area contributed by atoms with Crippen molar-refractivity contribution in [1.82, 2.24) is 4.98 Å². The van der Waals surface area contributed by atoms with Crippen LogP contribution in [0, 0.1) is 6.92 Å². The van der Waals surface area contributed by atoms with Crippen molar-refractivity contribution >= 4 is 16.5 Å². The second-order valence-corrected chi connectivity index (χ2v) is 5.04. The molecule has 0 aromatic carbocycles. The number of aromatic nitrogens is 1. The van der Waals surface area contributed by atoms with Crippen LogP contribution in [0.15, 0.2) is 5.38 Å². The minimum atomic E-state index is 0.310. The largest absolute Gasteiger partial charge is 0.356 e. The van der Waals surface area contributed by atoms with Gasteiger partial charge in [-0.3, -0.25) is 0 Å². The Morgan fingerprint density at radius 1 is 1.46 bits per heavy atom. The van der Waals surface area contributed by atoms with Gasteiger partial charge in [0.2, 0.25) is 0 Å². The van der Waals surface area contributed by atoms with Crippen molar-refractivity contribution in [2.75, 3.05) is 5.32 Å². The van der Waals surface area contributed by atoms with Crippen LogP contribution in [0.25, 0.3) is 0 Å². The number of anilines is 1. The average Bonchev–Trinajstić information content (AvgIpc) is 2.62. The molecule has 1 aromatic heterocycles. The molecule has 0 unspecified atom stereocenters. The zero-order valence-corrected chi connectivity index (χ0v) is 9.08. The fourth-order valence-corrected chi connectivity index (χ4v) is 2.79. The number of hydrogen-bond acceptors (Lipinski definition) is 3. The van der Waals surface area contributed by atoms with Crippen molar-refractivity contribution in [3.63, 3.8) is 0 Å². The van der Waals surface area contributed by atoms with Gasteiger partial charge in [0.15, 0.2) is 5.13 Å². The van der Waals surface area contributed by atoms with Gasteiger partial charge in [-0.05, 0) is 26.7 Å². The van der Waals surface area contributed by atoms with E-state index in [0.29, 0.717) is 5.54 Å². The van der Waals surface area contributed by atoms with Crippen molar-refractivity contribution in [1.29, 1.82) is 0 Å². The van der Waals surface area contributed by atoms with Gasteiger partial charge in [0.25, 0.3) is 0 Å². The zero-order chi connectivity index (χ0) is 9.31. The molecule has 2 rings (SSSR count). The summed E-state index contributed by atoms with van der Waals surface area (Å²) in [6.45, 7) is 4.34. The van der Waals surface area contributed by atoms with Gasteiger partial charge >= 0.3 is 0 Å². The van der Waals surface area contributed by atoms with Gasteiger partial charge in [0.1, 0.15) is 0 Å². The average molecular weight is 196 g/mol. The minimum Gasteiger partial charge on any atom is -0.356 e. The van der Waals surface area contributed by atoms with Gasteiger partial charge in [-0.1, -0.05) is 12.8 Å². The molecule has 72 valence electrons. The van der Waals surface area contributed by atoms with E-state index in [1.807, 2.05) is 6.92 Å². The van der Waals surface area contributed by atoms with E-state index in [1.165, 1.54) is 25.7 Å². The monoisotopic (exact) mass is 196 g/mol. The molecule has 0 bridgehead atoms. The van der Waals surface area contributed by atoms with Crippen molar-refractivity contribution in [2.24, 2.45) is 0 Å². The molecule has 1 aromatic rings. The molecule has 0 atom stereocenters. The van der Waals surface area contributed by atoms with Crippen molar-refractivity contribution in [2.45, 2.75) is 45.1 Å². The van der Waals surface area contributed by atoms with Crippen molar-refractivity contribution in [3.8, 4) is 0 Å². The molecule has 1 fully saturated rings. The molecule has 1 saturated carbocycles. The van der Waals surface area contributed by atoms with Crippen LogP contribution in [0.3, 0.4) is 0 Å². The van der Waals surface area contributed by atoms with E-state index in [0.717, 1.165) is 10.8 Å². The molecule has 3 heteroatoms. The van der Waals surface area contributed by atoms with E-state index < -0.39 is 0 Å². The zero-order valence-electron chi connectivity index (χ0n) is 8.26. The van der Waals surface area contributed by atoms with Crippen molar-refractivity contribution in [3.05, 3.63) is 11.1 Å². The van der Waals surface area contributed by atoms with E-state index in [9.17, 15) is 0 Å². The van der Waals surface area contributed by atoms with E-state index in [4.69, 9.17) is 0 Å². The highest BCUT2D eigenvalue weighted by Crippen LogP contribution is 2.33. The summed E-state index contributed by atoms with van der Waals surface area (Å²) in [6.07, 6.45) is 5.28. The molecular formula is C10H16N2S. The number of hydrogen-bond donors (Lipinski definition) is 1. The topological polar surface area (TPSA) is 24.9 Å². The first kappa shape index (κ1) is 9.00. The summed E-state index contributed by atoms with van der Waals surface area (Å²) in [4.78, 5) is 4.43. The third kappa shape index (κ3) is 2.02. The molecule has 0 spiro atoms. The summed E-state index contributed by atoms with van der Waals surface area (Å²) >= 11 is 1.71. The van der Waals surface area contributed by atoms with Crippen LogP contribution in [0.4, 0.5) is 5.13 Å². The first-order valence-corrected chi connectivity index (χ1v) is 5.76. The number of rotatable bonds is 2. The molecule has 0 radical (unpaired) electrons. The second-order valence-electron chi connectivity index (χ2n) is 4.19. The van der Waals surface area contributed by atoms with Crippen LogP contribution in [0.2, 0.25) is 0 Å². The highest BCUT2D eigenvalue weighted by Gasteiger charge is 2.28. The first-order chi connectivity index (χ1) is 6.18. The summed E-state index contributed by atoms with van der Waals surface area (Å²) in [5.74, 6) is 0. The van der Waals surface area contributed by atoms with Gasteiger partial charge in [-0.15, -0.1) is 11.3 Å². The third-order valence-electron chi connectivity index (χ3n) is 2.73. The van der Waals surface area contributed by atoms with Crippen LogP contribution in [-0.4, -0.2) is 10.5 Å². The smallest absolute Gasteiger partial charge is 0.183 e. The molecular weight excluding hydrogens is 180 g/mol. The van der Waals surface area contributed by atoms with Gasteiger partial charge in [-0.2, -0.15) is 0 Å². The van der Waals surface area contributed by atoms with Crippen LogP contribution in [0.5, 0.6) is 0 Å². The maximum Gasteiger partial charge on any atom is 0.183 e. The lowest BCUT2D eigenvalue weighted by Gasteiger charge is -2.24. The second kappa shape index (κ2) is 3.29. The molecule has 2 nitrogen and oxygen atoms in total. The number of nitrogens with zero attached hydrogens (tertiary/aromatic N) is 1. The van der Waals surface area contributed by atoms with E-state index in [-0.39, 0.29) is 0 Å². The first-order valence-electron chi connectivity index (χ1n) is 4.88. The lowest BCUT2D eigenvalue weighted by molar-refractivity contribution is 0.533. The molecule has 1 aliphatic carbocycles. The summed E-state index contributed by atoms with van der Waals surface area (Å²) in [7, 11) is 0. The summed E-state index contributed by atoms with van der Waals surface area (Å²) in [5.41, 5.74) is 1.43. The van der Waals surface area contributed by atoms with E-state index in [2.05, 4.69) is 22.6 Å². The predicted molar refractivity (Wildman–Crippen MR) is 57.3 cm³/mol. The number of thiazole rings is 1. The predicted octanol–water partition coefficient (Wildman–Crippen LogP) is 3.20. The SMILES string of the molecule is Cc1csc(NC2(C)CCCC2)n1. The normalized spacial score (nSPS) is 20.5. The summed E-state index contributed by atoms with van der Waals surface area (Å²) in [5, 5.41) is 6.73. The summed E-state index contributed by atoms with van der Waals surface area (Å²) in [6, 6.07) is 0. The van der Waals surface area contributed by atoms with Crippen LogP contribution in [-0.2, 0) is 0 Å². The Kier molecular flexibility index (Phi) is 2.28. The fraction of sp³-hybridized carbons (Fsp3) is 0.700. The quantitative estimate of drug-likeness (QED) is 0.785. The van der Waals surface area contributed by atoms with Crippen LogP contribution < -0.4 is 5.32 Å². The Balaban J connectivity index is 2.04. The number of aryl methyl sites for hydroxylation is 1. The highest BCUT2D eigenvalue weighted by atomic mass is 32.1. The lowest BCUT2D eigenvalue weighted by Crippen LogP contribution is -2.30. The summed E-state index contributed by atoms with van der Waals surface area (Å²) < 4.78 is 0. The molecule has 1 heterocycles. The Morgan fingerprint density at radius 2 is 2.15 bits per heavy atom. The molecule has 0 amide bonds. The van der Waals surface area contributed by atoms with Gasteiger partial charge in [0, 0.05) is 10.9 Å². The van der Waals surface area contributed by atoms with Crippen LogP contribution >= 0.6 is 11.3 Å². The Bertz CT molecular complexity index is 287. The lowest BCUT2D eigenvalue weighted by atomic mass is 10.0. The minimum absolute atomic E-state index is 0.310. The standard InChI is InChI=1S/C10H16N2S/c1-8-7-13-9(11-8)12-10(2)5-3-4-6-10/h7H,3-6H2,1-2H3,(H,11,12). The Hall–Kier alpha value is -0.570. The van der Waals surface area contributed by atoms with E-state index >= 15 is 0 Å². The molecule has 0 saturated heterocycles. The van der Waals surface area contributed by atoms with Gasteiger partial charge in [0.05, 0.1) is 5.69 Å². The highest BCUT2D eigenvalue weighted by molar-refractivity contribution is 7.13. The van der Waals surface area contributed by atoms with Crippen LogP contribution in [0.1, 0.15) is 38.3 Å². The maximum absolute atomic E-state index is 4.43. The third-order valence-corrected chi connectivity index (χ3v) is 3.61. The number of nitrogens with one attached hydrogen (secondary N) is 1. The maximum atomic E-state index is 4.43. The van der Waals surface area contributed by atoms with Crippen molar-refractivity contribution < 1.29 is 0 Å². The Morgan fingerprint density at radius 3 is 2.69 bits per heavy atom. The molecule has 13 heavy (non-hydrogen) atoms. The van der Waals surface area contributed by atoms with Gasteiger partial charge < -0.3 is 5.32 Å². The van der Waals surface area contributed by atoms with Gasteiger partial charge in [-0.25, -0.2) is 4.98 Å². The molecule has 1 N–H and O–H groups in total.